The number of halogens is 2. The van der Waals surface area contributed by atoms with Gasteiger partial charge in [-0.05, 0) is 55.1 Å². The van der Waals surface area contributed by atoms with Crippen molar-refractivity contribution in [3.05, 3.63) is 58.1 Å². The van der Waals surface area contributed by atoms with Gasteiger partial charge in [-0.3, -0.25) is 0 Å². The summed E-state index contributed by atoms with van der Waals surface area (Å²) in [6.07, 6.45) is 0. The number of rotatable bonds is 3. The summed E-state index contributed by atoms with van der Waals surface area (Å²) < 4.78 is 5.91. The summed E-state index contributed by atoms with van der Waals surface area (Å²) in [6.45, 7) is 0.730. The zero-order chi connectivity index (χ0) is 14.1. The van der Waals surface area contributed by atoms with E-state index >= 15 is 0 Å². The summed E-state index contributed by atoms with van der Waals surface area (Å²) in [4.78, 5) is 0. The SMILES string of the molecule is CNCc1cc(Cl)ccc1-c1cc2cc(Cl)ccc2o1. The van der Waals surface area contributed by atoms with Crippen molar-refractivity contribution in [1.29, 1.82) is 0 Å². The Kier molecular flexibility index (Phi) is 3.70. The topological polar surface area (TPSA) is 25.2 Å². The number of nitrogens with one attached hydrogen (secondary N) is 1. The van der Waals surface area contributed by atoms with E-state index in [0.717, 1.165) is 39.4 Å². The van der Waals surface area contributed by atoms with Crippen LogP contribution in [-0.4, -0.2) is 7.05 Å². The summed E-state index contributed by atoms with van der Waals surface area (Å²) in [7, 11) is 1.91. The monoisotopic (exact) mass is 305 g/mol. The van der Waals surface area contributed by atoms with Crippen LogP contribution in [0.5, 0.6) is 0 Å². The van der Waals surface area contributed by atoms with Crippen molar-refractivity contribution in [2.75, 3.05) is 7.05 Å². The summed E-state index contributed by atoms with van der Waals surface area (Å²) in [5, 5.41) is 5.57. The van der Waals surface area contributed by atoms with E-state index in [0.29, 0.717) is 5.02 Å². The Bertz CT molecular complexity index is 764. The first-order valence-electron chi connectivity index (χ1n) is 6.30. The van der Waals surface area contributed by atoms with Crippen LogP contribution >= 0.6 is 23.2 Å². The molecule has 0 bridgehead atoms. The van der Waals surface area contributed by atoms with Crippen LogP contribution in [0.4, 0.5) is 0 Å². The average molecular weight is 306 g/mol. The molecule has 0 radical (unpaired) electrons. The van der Waals surface area contributed by atoms with Crippen LogP contribution in [0.25, 0.3) is 22.3 Å². The fourth-order valence-corrected chi connectivity index (χ4v) is 2.66. The molecule has 1 N–H and O–H groups in total. The number of hydrogen-bond acceptors (Lipinski definition) is 2. The maximum Gasteiger partial charge on any atom is 0.135 e. The van der Waals surface area contributed by atoms with Crippen LogP contribution in [0.1, 0.15) is 5.56 Å². The quantitative estimate of drug-likeness (QED) is 0.726. The normalized spacial score (nSPS) is 11.2. The van der Waals surface area contributed by atoms with Gasteiger partial charge < -0.3 is 9.73 Å². The minimum Gasteiger partial charge on any atom is -0.456 e. The van der Waals surface area contributed by atoms with Crippen LogP contribution in [0.15, 0.2) is 46.9 Å². The molecule has 0 atom stereocenters. The van der Waals surface area contributed by atoms with Gasteiger partial charge in [0.1, 0.15) is 11.3 Å². The zero-order valence-electron chi connectivity index (χ0n) is 10.9. The number of hydrogen-bond donors (Lipinski definition) is 1. The van der Waals surface area contributed by atoms with Crippen molar-refractivity contribution in [2.45, 2.75) is 6.54 Å². The Morgan fingerprint density at radius 3 is 2.55 bits per heavy atom. The molecule has 102 valence electrons. The standard InChI is InChI=1S/C16H13Cl2NO/c1-19-9-11-7-12(17)2-4-14(11)16-8-10-6-13(18)3-5-15(10)20-16/h2-8,19H,9H2,1H3. The third kappa shape index (κ3) is 2.55. The van der Waals surface area contributed by atoms with Crippen molar-refractivity contribution in [2.24, 2.45) is 0 Å². The molecule has 0 saturated carbocycles. The van der Waals surface area contributed by atoms with Crippen LogP contribution in [-0.2, 0) is 6.54 Å². The Hall–Kier alpha value is -1.48. The lowest BCUT2D eigenvalue weighted by Gasteiger charge is -2.07. The highest BCUT2D eigenvalue weighted by atomic mass is 35.5. The van der Waals surface area contributed by atoms with Crippen molar-refractivity contribution in [3.8, 4) is 11.3 Å². The van der Waals surface area contributed by atoms with Crippen molar-refractivity contribution in [1.82, 2.24) is 5.32 Å². The third-order valence-corrected chi connectivity index (χ3v) is 3.65. The molecule has 0 amide bonds. The van der Waals surface area contributed by atoms with E-state index in [1.54, 1.807) is 0 Å². The van der Waals surface area contributed by atoms with Crippen molar-refractivity contribution < 1.29 is 4.42 Å². The fourth-order valence-electron chi connectivity index (χ4n) is 2.29. The van der Waals surface area contributed by atoms with Crippen LogP contribution in [0.3, 0.4) is 0 Å². The molecule has 3 rings (SSSR count). The largest absolute Gasteiger partial charge is 0.456 e. The number of fused-ring (bicyclic) bond motifs is 1. The lowest BCUT2D eigenvalue weighted by molar-refractivity contribution is 0.630. The van der Waals surface area contributed by atoms with Gasteiger partial charge in [0.25, 0.3) is 0 Å². The Labute approximate surface area is 127 Å². The molecule has 20 heavy (non-hydrogen) atoms. The lowest BCUT2D eigenvalue weighted by Crippen LogP contribution is -2.06. The second kappa shape index (κ2) is 5.49. The first-order chi connectivity index (χ1) is 9.67. The molecule has 0 aliphatic carbocycles. The second-order valence-corrected chi connectivity index (χ2v) is 5.50. The molecule has 2 nitrogen and oxygen atoms in total. The van der Waals surface area contributed by atoms with Gasteiger partial charge >= 0.3 is 0 Å². The van der Waals surface area contributed by atoms with E-state index in [9.17, 15) is 0 Å². The Balaban J connectivity index is 2.14. The molecule has 0 fully saturated rings. The molecule has 0 unspecified atom stereocenters. The first-order valence-corrected chi connectivity index (χ1v) is 7.05. The van der Waals surface area contributed by atoms with Gasteiger partial charge in [0, 0.05) is 27.5 Å². The molecular weight excluding hydrogens is 293 g/mol. The lowest BCUT2D eigenvalue weighted by atomic mass is 10.0. The molecule has 0 spiro atoms. The highest BCUT2D eigenvalue weighted by Crippen LogP contribution is 2.32. The second-order valence-electron chi connectivity index (χ2n) is 4.62. The van der Waals surface area contributed by atoms with E-state index in [4.69, 9.17) is 27.6 Å². The maximum absolute atomic E-state index is 6.06. The van der Waals surface area contributed by atoms with E-state index < -0.39 is 0 Å². The van der Waals surface area contributed by atoms with Gasteiger partial charge in [-0.2, -0.15) is 0 Å². The molecule has 1 heterocycles. The maximum atomic E-state index is 6.06. The molecular formula is C16H13Cl2NO. The highest BCUT2D eigenvalue weighted by Gasteiger charge is 2.11. The van der Waals surface area contributed by atoms with E-state index in [2.05, 4.69) is 5.32 Å². The molecule has 0 aliphatic rings. The minimum atomic E-state index is 0.705. The molecule has 2 aromatic carbocycles. The Morgan fingerprint density at radius 2 is 1.75 bits per heavy atom. The molecule has 0 saturated heterocycles. The number of benzene rings is 2. The van der Waals surface area contributed by atoms with E-state index in [-0.39, 0.29) is 0 Å². The number of furan rings is 1. The van der Waals surface area contributed by atoms with Gasteiger partial charge in [0.15, 0.2) is 0 Å². The summed E-state index contributed by atoms with van der Waals surface area (Å²) in [5.74, 6) is 0.823. The summed E-state index contributed by atoms with van der Waals surface area (Å²) in [5.41, 5.74) is 2.97. The van der Waals surface area contributed by atoms with Gasteiger partial charge in [-0.15, -0.1) is 0 Å². The molecule has 1 aromatic heterocycles. The predicted molar refractivity (Wildman–Crippen MR) is 84.4 cm³/mol. The van der Waals surface area contributed by atoms with Gasteiger partial charge in [0.2, 0.25) is 0 Å². The highest BCUT2D eigenvalue weighted by molar-refractivity contribution is 6.31. The third-order valence-electron chi connectivity index (χ3n) is 3.18. The fraction of sp³-hybridized carbons (Fsp3) is 0.125. The van der Waals surface area contributed by atoms with Crippen molar-refractivity contribution in [3.63, 3.8) is 0 Å². The average Bonchev–Trinajstić information content (AvgIpc) is 2.82. The van der Waals surface area contributed by atoms with Crippen LogP contribution < -0.4 is 5.32 Å². The molecule has 3 aromatic rings. The predicted octanol–water partition coefficient (Wildman–Crippen LogP) is 5.13. The van der Waals surface area contributed by atoms with E-state index in [1.165, 1.54) is 0 Å². The van der Waals surface area contributed by atoms with Crippen LogP contribution in [0.2, 0.25) is 10.0 Å². The van der Waals surface area contributed by atoms with Gasteiger partial charge in [0.05, 0.1) is 0 Å². The zero-order valence-corrected chi connectivity index (χ0v) is 12.4. The van der Waals surface area contributed by atoms with Crippen LogP contribution in [0, 0.1) is 0 Å². The summed E-state index contributed by atoms with van der Waals surface area (Å²) in [6, 6.07) is 13.4. The minimum absolute atomic E-state index is 0.705. The van der Waals surface area contributed by atoms with E-state index in [1.807, 2.05) is 49.5 Å². The van der Waals surface area contributed by atoms with Crippen molar-refractivity contribution >= 4 is 34.2 Å². The Morgan fingerprint density at radius 1 is 1.00 bits per heavy atom. The first kappa shape index (κ1) is 13.5. The summed E-state index contributed by atoms with van der Waals surface area (Å²) >= 11 is 12.1. The smallest absolute Gasteiger partial charge is 0.135 e. The molecule has 0 aliphatic heterocycles. The van der Waals surface area contributed by atoms with Gasteiger partial charge in [-0.1, -0.05) is 23.2 Å². The molecule has 4 heteroatoms. The van der Waals surface area contributed by atoms with Gasteiger partial charge in [-0.25, -0.2) is 0 Å².